The van der Waals surface area contributed by atoms with E-state index in [0.29, 0.717) is 22.8 Å². The predicted octanol–water partition coefficient (Wildman–Crippen LogP) is 4.23. The summed E-state index contributed by atoms with van der Waals surface area (Å²) in [5.74, 6) is -3.53. The number of nitrogens with two attached hydrogens (primary N) is 1. The highest BCUT2D eigenvalue weighted by molar-refractivity contribution is 6.12. The Kier molecular flexibility index (Phi) is 4.23. The lowest BCUT2D eigenvalue weighted by atomic mass is 10.0. The molecule has 140 valence electrons. The number of benzene rings is 2. The van der Waals surface area contributed by atoms with Gasteiger partial charge in [-0.1, -0.05) is 35.5 Å². The van der Waals surface area contributed by atoms with Crippen LogP contribution in [0, 0.1) is 17.5 Å². The largest absolute Gasteiger partial charge is 0.410 e. The molecule has 0 aliphatic carbocycles. The topological polar surface area (TPSA) is 75.9 Å². The number of nitrogens with zero attached hydrogens (tertiary/aromatic N) is 3. The fourth-order valence-corrected chi connectivity index (χ4v) is 3.05. The van der Waals surface area contributed by atoms with Crippen LogP contribution in [0.15, 0.2) is 65.9 Å². The van der Waals surface area contributed by atoms with Gasteiger partial charge in [-0.25, -0.2) is 18.2 Å². The van der Waals surface area contributed by atoms with Crippen molar-refractivity contribution in [3.8, 4) is 11.3 Å². The first-order valence-corrected chi connectivity index (χ1v) is 8.20. The standard InChI is InChI=1S/C20H13F3N4O/c21-14-9-16(23)15(22)8-13(14)19-20(24)25-17-7-6-12(10-27(17)19)18(26-28)11-4-2-1-3-5-11/h1-10,28H,24H2/b26-18+. The van der Waals surface area contributed by atoms with E-state index >= 15 is 0 Å². The number of nitrogen functional groups attached to an aromatic ring is 1. The Hall–Kier alpha value is -3.81. The smallest absolute Gasteiger partial charge is 0.161 e. The molecule has 2 aromatic carbocycles. The zero-order chi connectivity index (χ0) is 19.8. The molecule has 0 atom stereocenters. The van der Waals surface area contributed by atoms with Gasteiger partial charge in [0, 0.05) is 29.0 Å². The molecule has 0 fully saturated rings. The summed E-state index contributed by atoms with van der Waals surface area (Å²) in [4.78, 5) is 4.14. The Morgan fingerprint density at radius 2 is 1.64 bits per heavy atom. The van der Waals surface area contributed by atoms with Crippen LogP contribution >= 0.6 is 0 Å². The normalized spacial score (nSPS) is 11.9. The fraction of sp³-hybridized carbons (Fsp3) is 0. The van der Waals surface area contributed by atoms with Crippen LogP contribution < -0.4 is 5.73 Å². The third kappa shape index (κ3) is 2.84. The third-order valence-electron chi connectivity index (χ3n) is 4.33. The van der Waals surface area contributed by atoms with E-state index in [4.69, 9.17) is 5.73 Å². The van der Waals surface area contributed by atoms with E-state index in [1.807, 2.05) is 6.07 Å². The number of halogens is 3. The quantitative estimate of drug-likeness (QED) is 0.241. The average Bonchev–Trinajstić information content (AvgIpc) is 3.01. The monoisotopic (exact) mass is 382 g/mol. The third-order valence-corrected chi connectivity index (χ3v) is 4.33. The lowest BCUT2D eigenvalue weighted by molar-refractivity contribution is 0.319. The van der Waals surface area contributed by atoms with Crippen molar-refractivity contribution in [1.29, 1.82) is 0 Å². The van der Waals surface area contributed by atoms with Crippen molar-refractivity contribution in [1.82, 2.24) is 9.38 Å². The van der Waals surface area contributed by atoms with Crippen LogP contribution in [0.1, 0.15) is 11.1 Å². The zero-order valence-corrected chi connectivity index (χ0v) is 14.3. The number of oxime groups is 1. The molecule has 2 aromatic heterocycles. The maximum absolute atomic E-state index is 14.3. The van der Waals surface area contributed by atoms with Crippen molar-refractivity contribution in [3.63, 3.8) is 0 Å². The first-order chi connectivity index (χ1) is 13.5. The van der Waals surface area contributed by atoms with Crippen molar-refractivity contribution in [2.24, 2.45) is 5.16 Å². The van der Waals surface area contributed by atoms with Crippen molar-refractivity contribution < 1.29 is 18.4 Å². The molecule has 0 amide bonds. The molecule has 4 rings (SSSR count). The summed E-state index contributed by atoms with van der Waals surface area (Å²) in [7, 11) is 0. The van der Waals surface area contributed by atoms with Crippen LogP contribution in [0.4, 0.5) is 19.0 Å². The molecular weight excluding hydrogens is 369 g/mol. The summed E-state index contributed by atoms with van der Waals surface area (Å²) in [5, 5.41) is 12.9. The molecule has 0 bridgehead atoms. The molecule has 0 aliphatic heterocycles. The molecule has 2 heterocycles. The fourth-order valence-electron chi connectivity index (χ4n) is 3.05. The van der Waals surface area contributed by atoms with Crippen LogP contribution in [0.25, 0.3) is 16.9 Å². The van der Waals surface area contributed by atoms with E-state index in [0.717, 1.165) is 6.07 Å². The second-order valence-corrected chi connectivity index (χ2v) is 6.05. The van der Waals surface area contributed by atoms with Gasteiger partial charge in [0.1, 0.15) is 17.2 Å². The highest BCUT2D eigenvalue weighted by atomic mass is 19.2. The van der Waals surface area contributed by atoms with Crippen LogP contribution in [0.3, 0.4) is 0 Å². The Morgan fingerprint density at radius 3 is 2.36 bits per heavy atom. The summed E-state index contributed by atoms with van der Waals surface area (Å²) in [6, 6.07) is 13.4. The first kappa shape index (κ1) is 17.6. The molecule has 8 heteroatoms. The number of aromatic nitrogens is 2. The lowest BCUT2D eigenvalue weighted by Gasteiger charge is -2.09. The van der Waals surface area contributed by atoms with Gasteiger partial charge in [-0.3, -0.25) is 4.40 Å². The van der Waals surface area contributed by atoms with E-state index in [1.54, 1.807) is 36.4 Å². The second-order valence-electron chi connectivity index (χ2n) is 6.05. The maximum Gasteiger partial charge on any atom is 0.161 e. The van der Waals surface area contributed by atoms with Crippen LogP contribution in [-0.4, -0.2) is 20.3 Å². The Bertz CT molecular complexity index is 1220. The van der Waals surface area contributed by atoms with Crippen molar-refractivity contribution >= 4 is 17.2 Å². The molecule has 0 spiro atoms. The van der Waals surface area contributed by atoms with E-state index in [-0.39, 0.29) is 22.8 Å². The van der Waals surface area contributed by atoms with Gasteiger partial charge < -0.3 is 10.9 Å². The van der Waals surface area contributed by atoms with Gasteiger partial charge >= 0.3 is 0 Å². The lowest BCUT2D eigenvalue weighted by Crippen LogP contribution is -2.05. The summed E-state index contributed by atoms with van der Waals surface area (Å²) in [5.41, 5.74) is 7.53. The Labute approximate surface area is 157 Å². The van der Waals surface area contributed by atoms with Gasteiger partial charge in [-0.2, -0.15) is 0 Å². The van der Waals surface area contributed by atoms with Crippen molar-refractivity contribution in [3.05, 3.63) is 89.4 Å². The van der Waals surface area contributed by atoms with Crippen LogP contribution in [0.2, 0.25) is 0 Å². The first-order valence-electron chi connectivity index (χ1n) is 8.20. The molecule has 0 saturated heterocycles. The van der Waals surface area contributed by atoms with Crippen molar-refractivity contribution in [2.45, 2.75) is 0 Å². The average molecular weight is 382 g/mol. The Balaban J connectivity index is 1.94. The van der Waals surface area contributed by atoms with Gasteiger partial charge in [-0.05, 0) is 18.2 Å². The molecule has 0 saturated carbocycles. The van der Waals surface area contributed by atoms with E-state index in [9.17, 15) is 18.4 Å². The van der Waals surface area contributed by atoms with E-state index in [1.165, 1.54) is 10.6 Å². The van der Waals surface area contributed by atoms with Gasteiger partial charge in [0.15, 0.2) is 17.5 Å². The number of fused-ring (bicyclic) bond motifs is 1. The van der Waals surface area contributed by atoms with Gasteiger partial charge in [0.2, 0.25) is 0 Å². The molecule has 0 radical (unpaired) electrons. The van der Waals surface area contributed by atoms with Crippen molar-refractivity contribution in [2.75, 3.05) is 5.73 Å². The molecule has 3 N–H and O–H groups in total. The SMILES string of the molecule is Nc1nc2ccc(/C(=N/O)c3ccccc3)cn2c1-c1cc(F)c(F)cc1F. The minimum Gasteiger partial charge on any atom is -0.410 e. The molecule has 0 unspecified atom stereocenters. The molecule has 28 heavy (non-hydrogen) atoms. The number of imidazole rings is 1. The van der Waals surface area contributed by atoms with Crippen LogP contribution in [0.5, 0.6) is 0 Å². The highest BCUT2D eigenvalue weighted by Gasteiger charge is 2.19. The number of anilines is 1. The summed E-state index contributed by atoms with van der Waals surface area (Å²) in [6.07, 6.45) is 1.54. The number of pyridine rings is 1. The molecular formula is C20H13F3N4O. The molecule has 5 nitrogen and oxygen atoms in total. The van der Waals surface area contributed by atoms with E-state index in [2.05, 4.69) is 10.1 Å². The number of hydrogen-bond acceptors (Lipinski definition) is 4. The van der Waals surface area contributed by atoms with Gasteiger partial charge in [0.25, 0.3) is 0 Å². The van der Waals surface area contributed by atoms with Gasteiger partial charge in [-0.15, -0.1) is 0 Å². The highest BCUT2D eigenvalue weighted by Crippen LogP contribution is 2.31. The predicted molar refractivity (Wildman–Crippen MR) is 98.8 cm³/mol. The molecule has 0 aliphatic rings. The van der Waals surface area contributed by atoms with Gasteiger partial charge in [0.05, 0.1) is 5.69 Å². The second kappa shape index (κ2) is 6.73. The van der Waals surface area contributed by atoms with Crippen LogP contribution in [-0.2, 0) is 0 Å². The number of rotatable bonds is 3. The summed E-state index contributed by atoms with van der Waals surface area (Å²) in [6.45, 7) is 0. The maximum atomic E-state index is 14.3. The summed E-state index contributed by atoms with van der Waals surface area (Å²) >= 11 is 0. The minimum atomic E-state index is -1.30. The number of hydrogen-bond donors (Lipinski definition) is 2. The molecule has 4 aromatic rings. The van der Waals surface area contributed by atoms with E-state index < -0.39 is 17.5 Å². The summed E-state index contributed by atoms with van der Waals surface area (Å²) < 4.78 is 42.8. The minimum absolute atomic E-state index is 0.0516. The Morgan fingerprint density at radius 1 is 0.929 bits per heavy atom. The zero-order valence-electron chi connectivity index (χ0n) is 14.3.